The van der Waals surface area contributed by atoms with Crippen molar-refractivity contribution in [2.24, 2.45) is 0 Å². The highest BCUT2D eigenvalue weighted by molar-refractivity contribution is 6.31. The average Bonchev–Trinajstić information content (AvgIpc) is 1.99. The van der Waals surface area contributed by atoms with Crippen LogP contribution in [0.3, 0.4) is 0 Å². The van der Waals surface area contributed by atoms with Crippen molar-refractivity contribution >= 4 is 17.9 Å². The van der Waals surface area contributed by atoms with Crippen LogP contribution in [0.15, 0.2) is 12.1 Å². The normalized spacial score (nSPS) is 9.64. The lowest BCUT2D eigenvalue weighted by Crippen LogP contribution is -1.83. The van der Waals surface area contributed by atoms with Crippen molar-refractivity contribution in [2.75, 3.05) is 0 Å². The zero-order valence-corrected chi connectivity index (χ0v) is 6.72. The van der Waals surface area contributed by atoms with Gasteiger partial charge in [0.2, 0.25) is 0 Å². The maximum atomic E-state index is 10.3. The number of halogens is 1. The SMILES string of the molecule is Cc1c(O)cc(C=O)cc1Cl. The number of phenols is 1. The molecule has 0 aromatic heterocycles. The van der Waals surface area contributed by atoms with Crippen LogP contribution >= 0.6 is 11.6 Å². The van der Waals surface area contributed by atoms with Gasteiger partial charge in [-0.25, -0.2) is 0 Å². The van der Waals surface area contributed by atoms with Crippen molar-refractivity contribution in [1.29, 1.82) is 0 Å². The van der Waals surface area contributed by atoms with Crippen LogP contribution in [-0.4, -0.2) is 11.4 Å². The quantitative estimate of drug-likeness (QED) is 0.656. The summed E-state index contributed by atoms with van der Waals surface area (Å²) in [4.78, 5) is 10.3. The lowest BCUT2D eigenvalue weighted by Gasteiger charge is -2.00. The van der Waals surface area contributed by atoms with Gasteiger partial charge in [-0.05, 0) is 19.1 Å². The highest BCUT2D eigenvalue weighted by Crippen LogP contribution is 2.25. The Bertz CT molecular complexity index is 271. The Labute approximate surface area is 69.4 Å². The minimum atomic E-state index is 0.0552. The number of aldehydes is 1. The highest BCUT2D eigenvalue weighted by atomic mass is 35.5. The summed E-state index contributed by atoms with van der Waals surface area (Å²) in [5.41, 5.74) is 0.982. The van der Waals surface area contributed by atoms with Crippen molar-refractivity contribution < 1.29 is 9.90 Å². The summed E-state index contributed by atoms with van der Waals surface area (Å²) in [5, 5.41) is 9.58. The number of rotatable bonds is 1. The Hall–Kier alpha value is -1.02. The summed E-state index contributed by atoms with van der Waals surface area (Å²) < 4.78 is 0. The Balaban J connectivity index is 3.31. The van der Waals surface area contributed by atoms with E-state index >= 15 is 0 Å². The summed E-state index contributed by atoms with van der Waals surface area (Å²) in [6, 6.07) is 2.90. The molecule has 3 heteroatoms. The number of hydrogen-bond acceptors (Lipinski definition) is 2. The molecule has 0 spiro atoms. The third-order valence-corrected chi connectivity index (χ3v) is 1.87. The van der Waals surface area contributed by atoms with Crippen LogP contribution in [0.2, 0.25) is 5.02 Å². The van der Waals surface area contributed by atoms with E-state index in [0.717, 1.165) is 0 Å². The number of phenolic OH excluding ortho intramolecular Hbond substituents is 1. The number of hydrogen-bond donors (Lipinski definition) is 1. The predicted molar refractivity (Wildman–Crippen MR) is 43.2 cm³/mol. The van der Waals surface area contributed by atoms with E-state index in [4.69, 9.17) is 16.7 Å². The van der Waals surface area contributed by atoms with E-state index in [1.54, 1.807) is 6.92 Å². The van der Waals surface area contributed by atoms with E-state index in [1.165, 1.54) is 12.1 Å². The van der Waals surface area contributed by atoms with Crippen LogP contribution in [-0.2, 0) is 0 Å². The first-order chi connectivity index (χ1) is 5.15. The minimum Gasteiger partial charge on any atom is -0.508 e. The molecule has 11 heavy (non-hydrogen) atoms. The second-order valence-corrected chi connectivity index (χ2v) is 2.67. The van der Waals surface area contributed by atoms with Crippen LogP contribution in [0.1, 0.15) is 15.9 Å². The number of benzene rings is 1. The van der Waals surface area contributed by atoms with Crippen molar-refractivity contribution in [1.82, 2.24) is 0 Å². The van der Waals surface area contributed by atoms with E-state index < -0.39 is 0 Å². The van der Waals surface area contributed by atoms with Crippen molar-refractivity contribution in [2.45, 2.75) is 6.92 Å². The second-order valence-electron chi connectivity index (χ2n) is 2.26. The third kappa shape index (κ3) is 1.52. The van der Waals surface area contributed by atoms with Crippen LogP contribution in [0.4, 0.5) is 0 Å². The molecule has 0 aliphatic carbocycles. The lowest BCUT2D eigenvalue weighted by atomic mass is 10.1. The molecule has 58 valence electrons. The molecule has 0 bridgehead atoms. The Morgan fingerprint density at radius 1 is 1.55 bits per heavy atom. The van der Waals surface area contributed by atoms with E-state index in [-0.39, 0.29) is 5.75 Å². The Kier molecular flexibility index (Phi) is 2.15. The van der Waals surface area contributed by atoms with Gasteiger partial charge in [0.15, 0.2) is 0 Å². The van der Waals surface area contributed by atoms with E-state index in [9.17, 15) is 4.79 Å². The molecule has 0 aliphatic rings. The molecular weight excluding hydrogens is 164 g/mol. The molecule has 1 aromatic rings. The molecule has 0 aliphatic heterocycles. The van der Waals surface area contributed by atoms with Gasteiger partial charge in [-0.2, -0.15) is 0 Å². The first kappa shape index (κ1) is 8.08. The Morgan fingerprint density at radius 2 is 2.18 bits per heavy atom. The fourth-order valence-electron chi connectivity index (χ4n) is 0.753. The van der Waals surface area contributed by atoms with Crippen LogP contribution in [0.25, 0.3) is 0 Å². The molecule has 0 saturated carbocycles. The van der Waals surface area contributed by atoms with E-state index in [2.05, 4.69) is 0 Å². The fraction of sp³-hybridized carbons (Fsp3) is 0.125. The van der Waals surface area contributed by atoms with E-state index in [0.29, 0.717) is 22.4 Å². The first-order valence-electron chi connectivity index (χ1n) is 3.09. The summed E-state index contributed by atoms with van der Waals surface area (Å²) >= 11 is 5.68. The van der Waals surface area contributed by atoms with Gasteiger partial charge in [-0.3, -0.25) is 4.79 Å². The molecule has 2 nitrogen and oxygen atoms in total. The van der Waals surface area contributed by atoms with Crippen molar-refractivity contribution in [3.05, 3.63) is 28.3 Å². The van der Waals surface area contributed by atoms with Crippen molar-refractivity contribution in [3.8, 4) is 5.75 Å². The number of carbonyl (C=O) groups is 1. The monoisotopic (exact) mass is 170 g/mol. The zero-order valence-electron chi connectivity index (χ0n) is 5.97. The molecule has 0 radical (unpaired) electrons. The van der Waals surface area contributed by atoms with Gasteiger partial charge in [0.1, 0.15) is 12.0 Å². The van der Waals surface area contributed by atoms with Gasteiger partial charge < -0.3 is 5.11 Å². The van der Waals surface area contributed by atoms with Crippen LogP contribution in [0.5, 0.6) is 5.75 Å². The largest absolute Gasteiger partial charge is 0.508 e. The molecule has 0 amide bonds. The first-order valence-corrected chi connectivity index (χ1v) is 3.47. The molecule has 0 saturated heterocycles. The smallest absolute Gasteiger partial charge is 0.150 e. The molecule has 1 rings (SSSR count). The molecule has 1 aromatic carbocycles. The second kappa shape index (κ2) is 2.93. The molecular formula is C8H7ClO2. The fourth-order valence-corrected chi connectivity index (χ4v) is 0.976. The molecule has 0 atom stereocenters. The third-order valence-electron chi connectivity index (χ3n) is 1.48. The Morgan fingerprint density at radius 3 is 2.64 bits per heavy atom. The lowest BCUT2D eigenvalue weighted by molar-refractivity contribution is 0.112. The maximum Gasteiger partial charge on any atom is 0.150 e. The molecule has 1 N–H and O–H groups in total. The minimum absolute atomic E-state index is 0.0552. The number of carbonyl (C=O) groups excluding carboxylic acids is 1. The zero-order chi connectivity index (χ0) is 8.43. The number of aromatic hydroxyl groups is 1. The van der Waals surface area contributed by atoms with Gasteiger partial charge >= 0.3 is 0 Å². The average molecular weight is 171 g/mol. The molecule has 0 unspecified atom stereocenters. The standard InChI is InChI=1S/C8H7ClO2/c1-5-7(9)2-6(4-10)3-8(5)11/h2-4,11H,1H3. The topological polar surface area (TPSA) is 37.3 Å². The van der Waals surface area contributed by atoms with Gasteiger partial charge in [-0.15, -0.1) is 0 Å². The summed E-state index contributed by atoms with van der Waals surface area (Å²) in [6.07, 6.45) is 0.644. The molecule has 0 fully saturated rings. The van der Waals surface area contributed by atoms with Gasteiger partial charge in [0, 0.05) is 16.1 Å². The predicted octanol–water partition coefficient (Wildman–Crippen LogP) is 2.17. The summed E-state index contributed by atoms with van der Waals surface area (Å²) in [5.74, 6) is 0.0552. The van der Waals surface area contributed by atoms with Crippen molar-refractivity contribution in [3.63, 3.8) is 0 Å². The highest BCUT2D eigenvalue weighted by Gasteiger charge is 2.02. The van der Waals surface area contributed by atoms with Gasteiger partial charge in [0.05, 0.1) is 0 Å². The maximum absolute atomic E-state index is 10.3. The van der Waals surface area contributed by atoms with E-state index in [1.807, 2.05) is 0 Å². The summed E-state index contributed by atoms with van der Waals surface area (Å²) in [6.45, 7) is 1.69. The van der Waals surface area contributed by atoms with Gasteiger partial charge in [-0.1, -0.05) is 11.6 Å². The van der Waals surface area contributed by atoms with Crippen LogP contribution < -0.4 is 0 Å². The molecule has 0 heterocycles. The van der Waals surface area contributed by atoms with Gasteiger partial charge in [0.25, 0.3) is 0 Å². The van der Waals surface area contributed by atoms with Crippen LogP contribution in [0, 0.1) is 6.92 Å². The summed E-state index contributed by atoms with van der Waals surface area (Å²) in [7, 11) is 0.